The van der Waals surface area contributed by atoms with Gasteiger partial charge in [0.2, 0.25) is 0 Å². The van der Waals surface area contributed by atoms with Gasteiger partial charge in [-0.05, 0) is 61.0 Å². The number of amides is 3. The number of aromatic nitrogens is 3. The van der Waals surface area contributed by atoms with E-state index < -0.39 is 0 Å². The van der Waals surface area contributed by atoms with Crippen LogP contribution in [-0.4, -0.2) is 40.6 Å². The van der Waals surface area contributed by atoms with Crippen LogP contribution >= 0.6 is 0 Å². The third kappa shape index (κ3) is 4.00. The van der Waals surface area contributed by atoms with E-state index in [1.54, 1.807) is 56.0 Å². The van der Waals surface area contributed by atoms with E-state index in [1.165, 1.54) is 24.1 Å². The SMILES string of the molecule is CNC(=O)Nc1ccc(-n2cnc3c(C)cc(C(=O)N(C)c4ccc(F)cc4)cc32)cn1. The molecule has 0 bridgehead atoms. The number of hydrogen-bond acceptors (Lipinski definition) is 4. The van der Waals surface area contributed by atoms with Crippen molar-refractivity contribution in [3.8, 4) is 5.69 Å². The molecule has 2 aromatic carbocycles. The topological polar surface area (TPSA) is 92.2 Å². The lowest BCUT2D eigenvalue weighted by Gasteiger charge is -2.18. The van der Waals surface area contributed by atoms with Crippen molar-refractivity contribution in [2.45, 2.75) is 6.92 Å². The predicted octanol–water partition coefficient (Wildman–Crippen LogP) is 3.90. The Balaban J connectivity index is 1.69. The van der Waals surface area contributed by atoms with Crippen LogP contribution < -0.4 is 15.5 Å². The highest BCUT2D eigenvalue weighted by Crippen LogP contribution is 2.25. The minimum atomic E-state index is -0.360. The summed E-state index contributed by atoms with van der Waals surface area (Å²) in [5.41, 5.74) is 4.16. The van der Waals surface area contributed by atoms with Crippen molar-refractivity contribution in [1.82, 2.24) is 19.9 Å². The van der Waals surface area contributed by atoms with Gasteiger partial charge in [0.05, 0.1) is 22.9 Å². The molecule has 8 nitrogen and oxygen atoms in total. The monoisotopic (exact) mass is 432 g/mol. The van der Waals surface area contributed by atoms with Gasteiger partial charge in [-0.1, -0.05) is 0 Å². The van der Waals surface area contributed by atoms with Crippen LogP contribution in [0.2, 0.25) is 0 Å². The van der Waals surface area contributed by atoms with Gasteiger partial charge in [-0.3, -0.25) is 14.7 Å². The van der Waals surface area contributed by atoms with Gasteiger partial charge in [0.25, 0.3) is 5.91 Å². The minimum absolute atomic E-state index is 0.224. The molecule has 0 radical (unpaired) electrons. The fraction of sp³-hybridized carbons (Fsp3) is 0.130. The second-order valence-electron chi connectivity index (χ2n) is 7.22. The van der Waals surface area contributed by atoms with E-state index in [1.807, 2.05) is 11.5 Å². The van der Waals surface area contributed by atoms with Gasteiger partial charge >= 0.3 is 6.03 Å². The molecule has 0 fully saturated rings. The van der Waals surface area contributed by atoms with E-state index in [2.05, 4.69) is 20.6 Å². The molecule has 4 rings (SSSR count). The van der Waals surface area contributed by atoms with E-state index in [0.29, 0.717) is 17.1 Å². The van der Waals surface area contributed by atoms with Crippen LogP contribution in [0, 0.1) is 12.7 Å². The number of rotatable bonds is 4. The lowest BCUT2D eigenvalue weighted by Crippen LogP contribution is -2.26. The standard InChI is InChI=1S/C23H21FN6O2/c1-14-10-15(22(31)29(3)17-6-4-16(24)5-7-17)11-19-21(14)27-13-30(19)18-8-9-20(26-12-18)28-23(32)25-2/h4-13H,1-3H3,(H2,25,26,28,32). The zero-order valence-corrected chi connectivity index (χ0v) is 17.8. The number of pyridine rings is 1. The Bertz CT molecular complexity index is 1300. The largest absolute Gasteiger partial charge is 0.341 e. The zero-order valence-electron chi connectivity index (χ0n) is 17.8. The van der Waals surface area contributed by atoms with E-state index in [-0.39, 0.29) is 17.8 Å². The average molecular weight is 432 g/mol. The maximum absolute atomic E-state index is 13.2. The molecule has 0 aliphatic carbocycles. The summed E-state index contributed by atoms with van der Waals surface area (Å²) in [6.45, 7) is 1.89. The van der Waals surface area contributed by atoms with Crippen molar-refractivity contribution >= 4 is 34.5 Å². The van der Waals surface area contributed by atoms with Crippen molar-refractivity contribution in [2.24, 2.45) is 0 Å². The smallest absolute Gasteiger partial charge is 0.320 e. The lowest BCUT2D eigenvalue weighted by atomic mass is 10.1. The van der Waals surface area contributed by atoms with E-state index in [0.717, 1.165) is 22.3 Å². The molecule has 0 saturated carbocycles. The second-order valence-corrected chi connectivity index (χ2v) is 7.22. The Hall–Kier alpha value is -4.27. The van der Waals surface area contributed by atoms with Gasteiger partial charge in [0.15, 0.2) is 0 Å². The summed E-state index contributed by atoms with van der Waals surface area (Å²) in [5.74, 6) is -0.177. The molecule has 0 unspecified atom stereocenters. The molecule has 0 aliphatic heterocycles. The second kappa shape index (κ2) is 8.46. The molecule has 0 spiro atoms. The number of nitrogens with zero attached hydrogens (tertiary/aromatic N) is 4. The molecular formula is C23H21FN6O2. The molecule has 9 heteroatoms. The number of carbonyl (C=O) groups is 2. The average Bonchev–Trinajstić information content (AvgIpc) is 3.23. The van der Waals surface area contributed by atoms with E-state index >= 15 is 0 Å². The molecule has 162 valence electrons. The summed E-state index contributed by atoms with van der Waals surface area (Å²) in [6.07, 6.45) is 3.28. The normalized spacial score (nSPS) is 10.8. The number of imidazole rings is 1. The first-order valence-electron chi connectivity index (χ1n) is 9.84. The molecule has 0 aliphatic rings. The van der Waals surface area contributed by atoms with Crippen molar-refractivity contribution < 1.29 is 14.0 Å². The first kappa shape index (κ1) is 21.0. The molecular weight excluding hydrogens is 411 g/mol. The number of urea groups is 1. The van der Waals surface area contributed by atoms with Crippen LogP contribution in [0.5, 0.6) is 0 Å². The summed E-state index contributed by atoms with van der Waals surface area (Å²) < 4.78 is 15.1. The van der Waals surface area contributed by atoms with Crippen LogP contribution in [0.4, 0.5) is 20.7 Å². The molecule has 0 atom stereocenters. The van der Waals surface area contributed by atoms with Crippen molar-refractivity contribution in [1.29, 1.82) is 0 Å². The van der Waals surface area contributed by atoms with Gasteiger partial charge in [0, 0.05) is 25.3 Å². The van der Waals surface area contributed by atoms with Crippen LogP contribution in [0.15, 0.2) is 61.1 Å². The number of anilines is 2. The first-order chi connectivity index (χ1) is 15.4. The number of fused-ring (bicyclic) bond motifs is 1. The van der Waals surface area contributed by atoms with Crippen LogP contribution in [0.3, 0.4) is 0 Å². The molecule has 0 saturated heterocycles. The van der Waals surface area contributed by atoms with Crippen molar-refractivity contribution in [2.75, 3.05) is 24.3 Å². The molecule has 4 aromatic rings. The number of nitrogens with one attached hydrogen (secondary N) is 2. The fourth-order valence-electron chi connectivity index (χ4n) is 3.38. The summed E-state index contributed by atoms with van der Waals surface area (Å²) in [5, 5.41) is 5.07. The van der Waals surface area contributed by atoms with Gasteiger partial charge < -0.3 is 10.2 Å². The van der Waals surface area contributed by atoms with Crippen LogP contribution in [-0.2, 0) is 0 Å². The van der Waals surface area contributed by atoms with Gasteiger partial charge in [0.1, 0.15) is 18.0 Å². The Labute approximate surface area is 183 Å². The molecule has 32 heavy (non-hydrogen) atoms. The highest BCUT2D eigenvalue weighted by atomic mass is 19.1. The van der Waals surface area contributed by atoms with Gasteiger partial charge in [-0.25, -0.2) is 19.2 Å². The highest BCUT2D eigenvalue weighted by Gasteiger charge is 2.17. The predicted molar refractivity (Wildman–Crippen MR) is 121 cm³/mol. The van der Waals surface area contributed by atoms with E-state index in [9.17, 15) is 14.0 Å². The third-order valence-corrected chi connectivity index (χ3v) is 5.10. The quantitative estimate of drug-likeness (QED) is 0.512. The Kier molecular flexibility index (Phi) is 5.55. The lowest BCUT2D eigenvalue weighted by molar-refractivity contribution is 0.0993. The number of halogens is 1. The van der Waals surface area contributed by atoms with Gasteiger partial charge in [-0.15, -0.1) is 0 Å². The molecule has 2 heterocycles. The number of benzene rings is 2. The third-order valence-electron chi connectivity index (χ3n) is 5.10. The number of hydrogen-bond donors (Lipinski definition) is 2. The zero-order chi connectivity index (χ0) is 22.8. The summed E-state index contributed by atoms with van der Waals surface area (Å²) in [7, 11) is 3.17. The maximum Gasteiger partial charge on any atom is 0.320 e. The maximum atomic E-state index is 13.2. The Morgan fingerprint density at radius 3 is 2.47 bits per heavy atom. The molecule has 2 N–H and O–H groups in total. The van der Waals surface area contributed by atoms with Crippen molar-refractivity contribution in [3.05, 3.63) is 78.0 Å². The number of aryl methyl sites for hydroxylation is 1. The van der Waals surface area contributed by atoms with Crippen LogP contribution in [0.25, 0.3) is 16.7 Å². The van der Waals surface area contributed by atoms with Crippen LogP contribution in [0.1, 0.15) is 15.9 Å². The summed E-state index contributed by atoms with van der Waals surface area (Å²) >= 11 is 0. The summed E-state index contributed by atoms with van der Waals surface area (Å²) in [6, 6.07) is 12.4. The molecule has 2 aromatic heterocycles. The van der Waals surface area contributed by atoms with E-state index in [4.69, 9.17) is 0 Å². The van der Waals surface area contributed by atoms with Gasteiger partial charge in [-0.2, -0.15) is 0 Å². The number of carbonyl (C=O) groups excluding carboxylic acids is 2. The molecule has 3 amide bonds. The minimum Gasteiger partial charge on any atom is -0.341 e. The first-order valence-corrected chi connectivity index (χ1v) is 9.84. The summed E-state index contributed by atoms with van der Waals surface area (Å²) in [4.78, 5) is 34.8. The highest BCUT2D eigenvalue weighted by molar-refractivity contribution is 6.07. The Morgan fingerprint density at radius 1 is 1.06 bits per heavy atom. The Morgan fingerprint density at radius 2 is 1.81 bits per heavy atom. The van der Waals surface area contributed by atoms with Crippen molar-refractivity contribution in [3.63, 3.8) is 0 Å². The fourth-order valence-corrected chi connectivity index (χ4v) is 3.38.